The molecule has 2 fully saturated rings. The Morgan fingerprint density at radius 2 is 2.10 bits per heavy atom. The number of rotatable bonds is 7. The summed E-state index contributed by atoms with van der Waals surface area (Å²) in [7, 11) is 0. The number of fused-ring (bicyclic) bond motifs is 1. The van der Waals surface area contributed by atoms with Crippen LogP contribution in [0, 0.1) is 17.2 Å². The molecule has 3 aromatic rings. The summed E-state index contributed by atoms with van der Waals surface area (Å²) in [5, 5.41) is 17.9. The number of pyridine rings is 1. The molecule has 1 aromatic carbocycles. The average Bonchev–Trinajstić information content (AvgIpc) is 3.63. The second-order valence-electron chi connectivity index (χ2n) is 8.33. The van der Waals surface area contributed by atoms with E-state index in [1.54, 1.807) is 6.20 Å². The molecule has 0 spiro atoms. The monoisotopic (exact) mass is 405 g/mol. The van der Waals surface area contributed by atoms with Gasteiger partial charge < -0.3 is 10.3 Å². The topological polar surface area (TPSA) is 86.5 Å². The summed E-state index contributed by atoms with van der Waals surface area (Å²) >= 11 is 1.92. The van der Waals surface area contributed by atoms with Crippen LogP contribution in [0.25, 0.3) is 10.9 Å². The van der Waals surface area contributed by atoms with Gasteiger partial charge in [-0.15, -0.1) is 11.8 Å². The molecule has 2 aromatic heterocycles. The highest BCUT2D eigenvalue weighted by molar-refractivity contribution is 8.01. The number of thioether (sulfide) groups is 1. The van der Waals surface area contributed by atoms with E-state index in [4.69, 9.17) is 5.10 Å². The first-order chi connectivity index (χ1) is 14.1. The summed E-state index contributed by atoms with van der Waals surface area (Å²) < 4.78 is 2.28. The van der Waals surface area contributed by atoms with Gasteiger partial charge in [0.25, 0.3) is 5.56 Å². The van der Waals surface area contributed by atoms with Crippen LogP contribution >= 0.6 is 11.8 Å². The van der Waals surface area contributed by atoms with E-state index in [1.807, 2.05) is 34.6 Å². The summed E-state index contributed by atoms with van der Waals surface area (Å²) in [5.41, 5.74) is 1.50. The van der Waals surface area contributed by atoms with Crippen LogP contribution in [-0.4, -0.2) is 19.5 Å². The predicted octanol–water partition coefficient (Wildman–Crippen LogP) is 4.98. The van der Waals surface area contributed by atoms with Crippen LogP contribution in [0.5, 0.6) is 0 Å². The van der Waals surface area contributed by atoms with Crippen molar-refractivity contribution in [3.63, 3.8) is 0 Å². The van der Waals surface area contributed by atoms with Crippen LogP contribution < -0.4 is 10.9 Å². The smallest absolute Gasteiger partial charge is 0.261 e. The number of nitriles is 1. The van der Waals surface area contributed by atoms with Gasteiger partial charge in [-0.05, 0) is 61.9 Å². The minimum Gasteiger partial charge on any atom is -0.338 e. The molecule has 0 aliphatic heterocycles. The quantitative estimate of drug-likeness (QED) is 0.579. The minimum absolute atomic E-state index is 0.0120. The largest absolute Gasteiger partial charge is 0.338 e. The molecule has 2 saturated carbocycles. The Morgan fingerprint density at radius 1 is 1.34 bits per heavy atom. The first-order valence-corrected chi connectivity index (χ1v) is 10.9. The molecular weight excluding hydrogens is 382 g/mol. The fourth-order valence-electron chi connectivity index (χ4n) is 3.77. The van der Waals surface area contributed by atoms with Crippen LogP contribution in [-0.2, 0) is 0 Å². The second kappa shape index (κ2) is 6.96. The fourth-order valence-corrected chi connectivity index (χ4v) is 4.92. The van der Waals surface area contributed by atoms with Gasteiger partial charge in [0.15, 0.2) is 5.82 Å². The molecule has 5 rings (SSSR count). The van der Waals surface area contributed by atoms with Crippen molar-refractivity contribution in [2.24, 2.45) is 5.92 Å². The summed E-state index contributed by atoms with van der Waals surface area (Å²) in [4.78, 5) is 16.6. The molecule has 0 bridgehead atoms. The zero-order valence-corrected chi connectivity index (χ0v) is 17.1. The van der Waals surface area contributed by atoms with Crippen LogP contribution in [0.1, 0.15) is 45.1 Å². The number of aromatic nitrogens is 3. The second-order valence-corrected chi connectivity index (χ2v) is 9.99. The van der Waals surface area contributed by atoms with Crippen molar-refractivity contribution in [3.05, 3.63) is 46.9 Å². The highest BCUT2D eigenvalue weighted by Gasteiger charge is 2.38. The standard InChI is InChI=1S/C22H23N5OS/c1-22(10-11-22)29-16-6-4-15(5-7-16)25-20-19-18(9-13-24-21(19)28)27(26-20)17(8-12-23)14-2-3-14/h4-7,9,13-14,17H,2-3,8,10-11H2,1H3,(H,24,28)(H,25,26)/t17-/m0/s1. The van der Waals surface area contributed by atoms with Gasteiger partial charge in [0.2, 0.25) is 0 Å². The Hall–Kier alpha value is -2.72. The lowest BCUT2D eigenvalue weighted by atomic mass is 10.1. The van der Waals surface area contributed by atoms with Crippen molar-refractivity contribution in [2.75, 3.05) is 5.32 Å². The number of hydrogen-bond donors (Lipinski definition) is 2. The van der Waals surface area contributed by atoms with E-state index < -0.39 is 0 Å². The summed E-state index contributed by atoms with van der Waals surface area (Å²) in [6.45, 7) is 2.30. The fraction of sp³-hybridized carbons (Fsp3) is 0.409. The lowest BCUT2D eigenvalue weighted by Gasteiger charge is -2.14. The van der Waals surface area contributed by atoms with Gasteiger partial charge in [-0.3, -0.25) is 9.48 Å². The molecule has 0 radical (unpaired) electrons. The maximum atomic E-state index is 12.6. The number of nitrogens with one attached hydrogen (secondary N) is 2. The van der Waals surface area contributed by atoms with Crippen LogP contribution in [0.3, 0.4) is 0 Å². The number of nitrogens with zero attached hydrogens (tertiary/aromatic N) is 3. The Bertz CT molecular complexity index is 1150. The number of aromatic amines is 1. The number of benzene rings is 1. The zero-order valence-electron chi connectivity index (χ0n) is 16.3. The summed E-state index contributed by atoms with van der Waals surface area (Å²) in [5.74, 6) is 1.00. The highest BCUT2D eigenvalue weighted by atomic mass is 32.2. The summed E-state index contributed by atoms with van der Waals surface area (Å²) in [6, 6.07) is 12.5. The normalized spacial score (nSPS) is 18.3. The van der Waals surface area contributed by atoms with Gasteiger partial charge in [-0.25, -0.2) is 0 Å². The molecule has 1 atom stereocenters. The lowest BCUT2D eigenvalue weighted by Crippen LogP contribution is -2.13. The highest BCUT2D eigenvalue weighted by Crippen LogP contribution is 2.51. The summed E-state index contributed by atoms with van der Waals surface area (Å²) in [6.07, 6.45) is 6.81. The first-order valence-electron chi connectivity index (χ1n) is 10.1. The minimum atomic E-state index is -0.170. The van der Waals surface area contributed by atoms with Crippen LogP contribution in [0.4, 0.5) is 11.5 Å². The molecule has 29 heavy (non-hydrogen) atoms. The third kappa shape index (κ3) is 3.65. The Kier molecular flexibility index (Phi) is 4.39. The average molecular weight is 406 g/mol. The van der Waals surface area contributed by atoms with E-state index in [9.17, 15) is 10.1 Å². The molecule has 148 valence electrons. The van der Waals surface area contributed by atoms with E-state index in [-0.39, 0.29) is 11.6 Å². The first kappa shape index (κ1) is 18.3. The molecular formula is C22H23N5OS. The molecule has 6 nitrogen and oxygen atoms in total. The molecule has 0 saturated heterocycles. The Balaban J connectivity index is 1.48. The predicted molar refractivity (Wildman–Crippen MR) is 116 cm³/mol. The number of anilines is 2. The van der Waals surface area contributed by atoms with E-state index in [0.717, 1.165) is 24.0 Å². The Morgan fingerprint density at radius 3 is 2.76 bits per heavy atom. The van der Waals surface area contributed by atoms with Crippen molar-refractivity contribution in [1.29, 1.82) is 5.26 Å². The van der Waals surface area contributed by atoms with Crippen molar-refractivity contribution < 1.29 is 0 Å². The third-order valence-electron chi connectivity index (χ3n) is 5.85. The number of hydrogen-bond acceptors (Lipinski definition) is 5. The molecule has 0 amide bonds. The third-order valence-corrected chi connectivity index (χ3v) is 7.26. The molecule has 2 aliphatic rings. The van der Waals surface area contributed by atoms with Crippen LogP contribution in [0.15, 0.2) is 46.2 Å². The van der Waals surface area contributed by atoms with Gasteiger partial charge in [0, 0.05) is 21.5 Å². The van der Waals surface area contributed by atoms with E-state index >= 15 is 0 Å². The van der Waals surface area contributed by atoms with Crippen molar-refractivity contribution in [3.8, 4) is 6.07 Å². The molecule has 2 aliphatic carbocycles. The van der Waals surface area contributed by atoms with Gasteiger partial charge >= 0.3 is 0 Å². The maximum Gasteiger partial charge on any atom is 0.261 e. The van der Waals surface area contributed by atoms with Gasteiger partial charge in [0.05, 0.1) is 24.0 Å². The molecule has 2 heterocycles. The Labute approximate surface area is 173 Å². The van der Waals surface area contributed by atoms with E-state index in [1.165, 1.54) is 17.7 Å². The van der Waals surface area contributed by atoms with Crippen molar-refractivity contribution in [1.82, 2.24) is 14.8 Å². The maximum absolute atomic E-state index is 12.6. The van der Waals surface area contributed by atoms with Crippen LogP contribution in [0.2, 0.25) is 0 Å². The molecule has 7 heteroatoms. The zero-order chi connectivity index (χ0) is 20.0. The van der Waals surface area contributed by atoms with Gasteiger partial charge in [-0.2, -0.15) is 10.4 Å². The van der Waals surface area contributed by atoms with E-state index in [0.29, 0.717) is 28.3 Å². The number of H-pyrrole nitrogens is 1. The van der Waals surface area contributed by atoms with Crippen molar-refractivity contribution >= 4 is 34.2 Å². The van der Waals surface area contributed by atoms with Gasteiger partial charge in [-0.1, -0.05) is 6.92 Å². The van der Waals surface area contributed by atoms with E-state index in [2.05, 4.69) is 35.4 Å². The van der Waals surface area contributed by atoms with Crippen molar-refractivity contribution in [2.45, 2.75) is 54.7 Å². The molecule has 0 unspecified atom stereocenters. The SMILES string of the molecule is CC1(Sc2ccc(Nc3nn([C@@H](CC#N)C4CC4)c4cc[nH]c(=O)c34)cc2)CC1. The van der Waals surface area contributed by atoms with Gasteiger partial charge in [0.1, 0.15) is 5.39 Å². The molecule has 2 N–H and O–H groups in total. The lowest BCUT2D eigenvalue weighted by molar-refractivity contribution is 0.426.